The number of carbonyl (C=O) groups is 2. The van der Waals surface area contributed by atoms with Crippen LogP contribution in [0.3, 0.4) is 0 Å². The van der Waals surface area contributed by atoms with Gasteiger partial charge in [-0.3, -0.25) is 19.7 Å². The van der Waals surface area contributed by atoms with Gasteiger partial charge in [0.1, 0.15) is 12.4 Å². The zero-order valence-electron chi connectivity index (χ0n) is 16.7. The number of halogens is 1. The molecule has 1 aliphatic heterocycles. The number of carbonyl (C=O) groups excluding carboxylic acids is 2. The number of hydrogen-bond donors (Lipinski definition) is 1. The van der Waals surface area contributed by atoms with Gasteiger partial charge in [0.25, 0.3) is 0 Å². The molecule has 1 atom stereocenters. The predicted octanol–water partition coefficient (Wildman–Crippen LogP) is 2.90. The van der Waals surface area contributed by atoms with E-state index >= 15 is 0 Å². The fraction of sp³-hybridized carbons (Fsp3) is 0.333. The Hall–Kier alpha value is -3.49. The van der Waals surface area contributed by atoms with Gasteiger partial charge in [-0.2, -0.15) is 4.39 Å². The standard InChI is InChI=1S/C21H22FN3O5/c1-13-4-3-5-14(2)20(13)30-9-8-23-21(27)15-10-19(26)24(12-15)16-6-7-17(22)18(11-16)25(28)29/h3-7,11,15H,8-10,12H2,1-2H3,(H,23,27). The molecule has 0 radical (unpaired) electrons. The Morgan fingerprint density at radius 1 is 1.30 bits per heavy atom. The average molecular weight is 415 g/mol. The highest BCUT2D eigenvalue weighted by Crippen LogP contribution is 2.29. The van der Waals surface area contributed by atoms with Gasteiger partial charge in [0.05, 0.1) is 23.1 Å². The van der Waals surface area contributed by atoms with Crippen LogP contribution in [0.2, 0.25) is 0 Å². The van der Waals surface area contributed by atoms with Crippen LogP contribution in [-0.4, -0.2) is 36.4 Å². The number of benzene rings is 2. The summed E-state index contributed by atoms with van der Waals surface area (Å²) in [6.07, 6.45) is -0.0191. The zero-order chi connectivity index (χ0) is 21.8. The Morgan fingerprint density at radius 3 is 2.67 bits per heavy atom. The van der Waals surface area contributed by atoms with Crippen molar-refractivity contribution in [2.75, 3.05) is 24.6 Å². The fourth-order valence-electron chi connectivity index (χ4n) is 3.44. The van der Waals surface area contributed by atoms with Crippen molar-refractivity contribution in [2.24, 2.45) is 5.92 Å². The van der Waals surface area contributed by atoms with Gasteiger partial charge in [-0.15, -0.1) is 0 Å². The third-order valence-electron chi connectivity index (χ3n) is 4.99. The van der Waals surface area contributed by atoms with E-state index in [4.69, 9.17) is 4.74 Å². The molecule has 0 bridgehead atoms. The average Bonchev–Trinajstić information content (AvgIpc) is 3.09. The first-order valence-electron chi connectivity index (χ1n) is 9.49. The molecule has 158 valence electrons. The summed E-state index contributed by atoms with van der Waals surface area (Å²) in [4.78, 5) is 36.1. The van der Waals surface area contributed by atoms with E-state index in [1.54, 1.807) is 0 Å². The van der Waals surface area contributed by atoms with Crippen LogP contribution in [0.4, 0.5) is 15.8 Å². The molecule has 3 rings (SSSR count). The number of rotatable bonds is 7. The Balaban J connectivity index is 1.55. The molecule has 2 aromatic rings. The summed E-state index contributed by atoms with van der Waals surface area (Å²) >= 11 is 0. The Bertz CT molecular complexity index is 974. The molecular formula is C21H22FN3O5. The number of nitro groups is 1. The van der Waals surface area contributed by atoms with Crippen LogP contribution in [-0.2, 0) is 9.59 Å². The van der Waals surface area contributed by atoms with E-state index in [9.17, 15) is 24.1 Å². The van der Waals surface area contributed by atoms with Crippen molar-refractivity contribution in [1.82, 2.24) is 5.32 Å². The second kappa shape index (κ2) is 8.89. The maximum atomic E-state index is 13.5. The molecule has 1 unspecified atom stereocenters. The van der Waals surface area contributed by atoms with Crippen molar-refractivity contribution in [2.45, 2.75) is 20.3 Å². The number of nitrogens with one attached hydrogen (secondary N) is 1. The van der Waals surface area contributed by atoms with Gasteiger partial charge >= 0.3 is 5.69 Å². The first-order valence-corrected chi connectivity index (χ1v) is 9.49. The molecule has 1 fully saturated rings. The van der Waals surface area contributed by atoms with Crippen molar-refractivity contribution < 1.29 is 23.6 Å². The number of nitro benzene ring substituents is 1. The van der Waals surface area contributed by atoms with E-state index in [0.29, 0.717) is 0 Å². The maximum absolute atomic E-state index is 13.5. The van der Waals surface area contributed by atoms with Crippen LogP contribution in [0.25, 0.3) is 0 Å². The van der Waals surface area contributed by atoms with Crippen molar-refractivity contribution in [3.05, 3.63) is 63.5 Å². The predicted molar refractivity (Wildman–Crippen MR) is 108 cm³/mol. The lowest BCUT2D eigenvalue weighted by Gasteiger charge is -2.17. The topological polar surface area (TPSA) is 102 Å². The largest absolute Gasteiger partial charge is 0.491 e. The molecule has 0 spiro atoms. The molecule has 2 amide bonds. The number of anilines is 1. The van der Waals surface area contributed by atoms with Crippen LogP contribution in [0.1, 0.15) is 17.5 Å². The van der Waals surface area contributed by atoms with Crippen molar-refractivity contribution in [3.63, 3.8) is 0 Å². The van der Waals surface area contributed by atoms with Gasteiger partial charge < -0.3 is 15.0 Å². The second-order valence-corrected chi connectivity index (χ2v) is 7.16. The smallest absolute Gasteiger partial charge is 0.306 e. The zero-order valence-corrected chi connectivity index (χ0v) is 16.7. The van der Waals surface area contributed by atoms with Crippen LogP contribution in [0.5, 0.6) is 5.75 Å². The number of hydrogen-bond acceptors (Lipinski definition) is 5. The van der Waals surface area contributed by atoms with E-state index in [0.717, 1.165) is 29.0 Å². The Kier molecular flexibility index (Phi) is 6.29. The summed E-state index contributed by atoms with van der Waals surface area (Å²) in [6, 6.07) is 9.07. The summed E-state index contributed by atoms with van der Waals surface area (Å²) < 4.78 is 19.3. The Labute approximate surface area is 172 Å². The van der Waals surface area contributed by atoms with Crippen molar-refractivity contribution in [1.29, 1.82) is 0 Å². The van der Waals surface area contributed by atoms with Crippen LogP contribution >= 0.6 is 0 Å². The SMILES string of the molecule is Cc1cccc(C)c1OCCNC(=O)C1CC(=O)N(c2ccc(F)c([N+](=O)[O-])c2)C1. The highest BCUT2D eigenvalue weighted by Gasteiger charge is 2.35. The van der Waals surface area contributed by atoms with Gasteiger partial charge in [-0.05, 0) is 37.1 Å². The fourth-order valence-corrected chi connectivity index (χ4v) is 3.44. The van der Waals surface area contributed by atoms with Crippen molar-refractivity contribution >= 4 is 23.2 Å². The third-order valence-corrected chi connectivity index (χ3v) is 4.99. The summed E-state index contributed by atoms with van der Waals surface area (Å²) in [6.45, 7) is 4.52. The summed E-state index contributed by atoms with van der Waals surface area (Å²) in [5, 5.41) is 13.7. The molecule has 1 saturated heterocycles. The normalized spacial score (nSPS) is 15.9. The lowest BCUT2D eigenvalue weighted by Crippen LogP contribution is -2.35. The summed E-state index contributed by atoms with van der Waals surface area (Å²) in [5.41, 5.74) is 1.50. The monoisotopic (exact) mass is 415 g/mol. The lowest BCUT2D eigenvalue weighted by molar-refractivity contribution is -0.387. The van der Waals surface area contributed by atoms with Crippen LogP contribution in [0, 0.1) is 35.7 Å². The van der Waals surface area contributed by atoms with E-state index < -0.39 is 22.3 Å². The highest BCUT2D eigenvalue weighted by molar-refractivity contribution is 6.00. The third kappa shape index (κ3) is 4.56. The molecule has 1 heterocycles. The minimum atomic E-state index is -0.978. The van der Waals surface area contributed by atoms with Gasteiger partial charge in [-0.25, -0.2) is 0 Å². The minimum Gasteiger partial charge on any atom is -0.491 e. The first-order chi connectivity index (χ1) is 14.3. The summed E-state index contributed by atoms with van der Waals surface area (Å²) in [7, 11) is 0. The van der Waals surface area contributed by atoms with E-state index in [1.807, 2.05) is 32.0 Å². The quantitative estimate of drug-likeness (QED) is 0.426. The number of ether oxygens (including phenoxy) is 1. The van der Waals surface area contributed by atoms with Gasteiger partial charge in [-0.1, -0.05) is 18.2 Å². The number of amides is 2. The highest BCUT2D eigenvalue weighted by atomic mass is 19.1. The minimum absolute atomic E-state index is 0.0191. The van der Waals surface area contributed by atoms with Crippen LogP contribution in [0.15, 0.2) is 36.4 Å². The van der Waals surface area contributed by atoms with Gasteiger partial charge in [0.2, 0.25) is 17.6 Å². The molecule has 9 heteroatoms. The molecule has 0 aromatic heterocycles. The second-order valence-electron chi connectivity index (χ2n) is 7.16. The van der Waals surface area contributed by atoms with Gasteiger partial charge in [0, 0.05) is 19.0 Å². The molecule has 1 aliphatic rings. The molecular weight excluding hydrogens is 393 g/mol. The van der Waals surface area contributed by atoms with E-state index in [2.05, 4.69) is 5.32 Å². The molecule has 0 aliphatic carbocycles. The number of para-hydroxylation sites is 1. The van der Waals surface area contributed by atoms with Crippen LogP contribution < -0.4 is 15.0 Å². The maximum Gasteiger partial charge on any atom is 0.306 e. The molecule has 1 N–H and O–H groups in total. The molecule has 2 aromatic carbocycles. The number of aryl methyl sites for hydroxylation is 2. The summed E-state index contributed by atoms with van der Waals surface area (Å²) in [5.74, 6) is -1.43. The molecule has 30 heavy (non-hydrogen) atoms. The number of nitrogens with zero attached hydrogens (tertiary/aromatic N) is 2. The lowest BCUT2D eigenvalue weighted by atomic mass is 10.1. The first kappa shape index (κ1) is 21.2. The van der Waals surface area contributed by atoms with Crippen molar-refractivity contribution in [3.8, 4) is 5.75 Å². The Morgan fingerprint density at radius 2 is 2.00 bits per heavy atom. The van der Waals surface area contributed by atoms with E-state index in [1.165, 1.54) is 11.0 Å². The van der Waals surface area contributed by atoms with Gasteiger partial charge in [0.15, 0.2) is 0 Å². The van der Waals surface area contributed by atoms with E-state index in [-0.39, 0.29) is 43.6 Å². The molecule has 0 saturated carbocycles. The molecule has 8 nitrogen and oxygen atoms in total.